The Balaban J connectivity index is 2.16. The Morgan fingerprint density at radius 3 is 2.71 bits per heavy atom. The van der Waals surface area contributed by atoms with Crippen LogP contribution in [0.3, 0.4) is 0 Å². The number of carbonyl (C=O) groups excluding carboxylic acids is 1. The monoisotopic (exact) mass is 240 g/mol. The molecule has 0 saturated heterocycles. The summed E-state index contributed by atoms with van der Waals surface area (Å²) in [6.07, 6.45) is 8.05. The summed E-state index contributed by atoms with van der Waals surface area (Å²) >= 11 is 0. The van der Waals surface area contributed by atoms with E-state index in [-0.39, 0.29) is 5.91 Å². The van der Waals surface area contributed by atoms with Gasteiger partial charge in [-0.15, -0.1) is 0 Å². The van der Waals surface area contributed by atoms with Crippen LogP contribution in [-0.4, -0.2) is 18.5 Å². The van der Waals surface area contributed by atoms with Gasteiger partial charge in [-0.3, -0.25) is 4.79 Å². The Labute approximate surface area is 106 Å². The minimum absolute atomic E-state index is 0.187. The zero-order valence-electron chi connectivity index (χ0n) is 11.4. The molecule has 0 bridgehead atoms. The van der Waals surface area contributed by atoms with Gasteiger partial charge in [-0.2, -0.15) is 0 Å². The van der Waals surface area contributed by atoms with Crippen LogP contribution in [0.2, 0.25) is 0 Å². The van der Waals surface area contributed by atoms with Gasteiger partial charge in [0.1, 0.15) is 0 Å². The summed E-state index contributed by atoms with van der Waals surface area (Å²) in [6.45, 7) is 5.61. The van der Waals surface area contributed by atoms with Crippen molar-refractivity contribution in [3.05, 3.63) is 0 Å². The number of primary amides is 1. The van der Waals surface area contributed by atoms with Gasteiger partial charge in [0, 0.05) is 12.5 Å². The van der Waals surface area contributed by atoms with E-state index in [0.717, 1.165) is 24.8 Å². The lowest BCUT2D eigenvalue weighted by Crippen LogP contribution is -2.30. The molecule has 3 heteroatoms. The molecular formula is C14H28N2O. The summed E-state index contributed by atoms with van der Waals surface area (Å²) in [6, 6.07) is 0.659. The Kier molecular flexibility index (Phi) is 6.56. The fraction of sp³-hybridized carbons (Fsp3) is 0.929. The van der Waals surface area contributed by atoms with E-state index in [2.05, 4.69) is 19.2 Å². The number of hydrogen-bond acceptors (Lipinski definition) is 2. The third kappa shape index (κ3) is 6.06. The molecule has 2 atom stereocenters. The van der Waals surface area contributed by atoms with E-state index in [1.54, 1.807) is 0 Å². The molecular weight excluding hydrogens is 212 g/mol. The molecule has 0 heterocycles. The summed E-state index contributed by atoms with van der Waals surface area (Å²) in [7, 11) is 0. The quantitative estimate of drug-likeness (QED) is 0.553. The van der Waals surface area contributed by atoms with E-state index >= 15 is 0 Å². The van der Waals surface area contributed by atoms with Gasteiger partial charge in [-0.05, 0) is 44.1 Å². The standard InChI is InChI=1S/C14H28N2O/c1-11(2)12-5-3-6-13(9-8-12)16-10-4-7-14(15)17/h11-13,16H,3-10H2,1-2H3,(H2,15,17). The van der Waals surface area contributed by atoms with E-state index in [1.165, 1.54) is 32.1 Å². The van der Waals surface area contributed by atoms with Crippen LogP contribution in [-0.2, 0) is 4.79 Å². The van der Waals surface area contributed by atoms with Crippen molar-refractivity contribution in [2.45, 2.75) is 64.8 Å². The molecule has 1 fully saturated rings. The van der Waals surface area contributed by atoms with Crippen molar-refractivity contribution < 1.29 is 4.79 Å². The number of rotatable bonds is 6. The first-order valence-electron chi connectivity index (χ1n) is 7.11. The van der Waals surface area contributed by atoms with Crippen LogP contribution in [0.4, 0.5) is 0 Å². The van der Waals surface area contributed by atoms with Gasteiger partial charge < -0.3 is 11.1 Å². The lowest BCUT2D eigenvalue weighted by atomic mass is 9.89. The summed E-state index contributed by atoms with van der Waals surface area (Å²) < 4.78 is 0. The second-order valence-electron chi connectivity index (χ2n) is 5.73. The summed E-state index contributed by atoms with van der Waals surface area (Å²) in [5, 5.41) is 3.57. The van der Waals surface area contributed by atoms with Gasteiger partial charge >= 0.3 is 0 Å². The number of carbonyl (C=O) groups is 1. The molecule has 0 aromatic carbocycles. The summed E-state index contributed by atoms with van der Waals surface area (Å²) in [5.74, 6) is 1.54. The van der Waals surface area contributed by atoms with Crippen molar-refractivity contribution >= 4 is 5.91 Å². The molecule has 17 heavy (non-hydrogen) atoms. The molecule has 100 valence electrons. The van der Waals surface area contributed by atoms with E-state index in [4.69, 9.17) is 5.73 Å². The Morgan fingerprint density at radius 2 is 2.06 bits per heavy atom. The highest BCUT2D eigenvalue weighted by Gasteiger charge is 2.20. The molecule has 1 amide bonds. The smallest absolute Gasteiger partial charge is 0.217 e. The highest BCUT2D eigenvalue weighted by atomic mass is 16.1. The molecule has 2 unspecified atom stereocenters. The van der Waals surface area contributed by atoms with Crippen LogP contribution in [0.1, 0.15) is 58.8 Å². The number of hydrogen-bond donors (Lipinski definition) is 2. The van der Waals surface area contributed by atoms with E-state index < -0.39 is 0 Å². The average Bonchev–Trinajstić information content (AvgIpc) is 2.49. The fourth-order valence-corrected chi connectivity index (χ4v) is 2.77. The molecule has 1 rings (SSSR count). The average molecular weight is 240 g/mol. The third-order valence-electron chi connectivity index (χ3n) is 3.99. The van der Waals surface area contributed by atoms with Crippen molar-refractivity contribution in [1.82, 2.24) is 5.32 Å². The second kappa shape index (κ2) is 7.70. The molecule has 3 nitrogen and oxygen atoms in total. The maximum atomic E-state index is 10.6. The van der Waals surface area contributed by atoms with Gasteiger partial charge in [0.05, 0.1) is 0 Å². The largest absolute Gasteiger partial charge is 0.370 e. The molecule has 0 radical (unpaired) electrons. The van der Waals surface area contributed by atoms with Gasteiger partial charge in [-0.1, -0.05) is 26.7 Å². The van der Waals surface area contributed by atoms with Crippen LogP contribution in [0.5, 0.6) is 0 Å². The van der Waals surface area contributed by atoms with Crippen LogP contribution in [0, 0.1) is 11.8 Å². The topological polar surface area (TPSA) is 55.1 Å². The minimum Gasteiger partial charge on any atom is -0.370 e. The van der Waals surface area contributed by atoms with Crippen molar-refractivity contribution in [3.63, 3.8) is 0 Å². The van der Waals surface area contributed by atoms with Crippen LogP contribution >= 0.6 is 0 Å². The van der Waals surface area contributed by atoms with E-state index in [9.17, 15) is 4.79 Å². The van der Waals surface area contributed by atoms with Crippen molar-refractivity contribution in [3.8, 4) is 0 Å². The highest BCUT2D eigenvalue weighted by molar-refractivity contribution is 5.73. The predicted molar refractivity (Wildman–Crippen MR) is 71.6 cm³/mol. The lowest BCUT2D eigenvalue weighted by molar-refractivity contribution is -0.118. The Bertz CT molecular complexity index is 228. The van der Waals surface area contributed by atoms with E-state index in [1.807, 2.05) is 0 Å². The first-order valence-corrected chi connectivity index (χ1v) is 7.11. The maximum Gasteiger partial charge on any atom is 0.217 e. The number of amides is 1. The number of nitrogens with two attached hydrogens (primary N) is 1. The molecule has 0 aromatic rings. The fourth-order valence-electron chi connectivity index (χ4n) is 2.77. The van der Waals surface area contributed by atoms with E-state index in [0.29, 0.717) is 12.5 Å². The molecule has 1 saturated carbocycles. The lowest BCUT2D eigenvalue weighted by Gasteiger charge is -2.19. The molecule has 3 N–H and O–H groups in total. The zero-order chi connectivity index (χ0) is 12.7. The van der Waals surface area contributed by atoms with Gasteiger partial charge in [0.15, 0.2) is 0 Å². The van der Waals surface area contributed by atoms with Crippen LogP contribution in [0.25, 0.3) is 0 Å². The van der Waals surface area contributed by atoms with Crippen molar-refractivity contribution in [1.29, 1.82) is 0 Å². The Morgan fingerprint density at radius 1 is 1.29 bits per heavy atom. The number of nitrogens with one attached hydrogen (secondary N) is 1. The third-order valence-corrected chi connectivity index (χ3v) is 3.99. The van der Waals surface area contributed by atoms with Gasteiger partial charge in [-0.25, -0.2) is 0 Å². The molecule has 1 aliphatic rings. The summed E-state index contributed by atoms with van der Waals surface area (Å²) in [5.41, 5.74) is 5.12. The predicted octanol–water partition coefficient (Wildman–Crippen LogP) is 2.45. The van der Waals surface area contributed by atoms with Crippen molar-refractivity contribution in [2.24, 2.45) is 17.6 Å². The molecule has 0 spiro atoms. The molecule has 0 aromatic heterocycles. The van der Waals surface area contributed by atoms with Gasteiger partial charge in [0.25, 0.3) is 0 Å². The SMILES string of the molecule is CC(C)C1CCCC(NCCCC(N)=O)CC1. The first-order chi connectivity index (χ1) is 8.09. The molecule has 0 aliphatic heterocycles. The normalized spacial score (nSPS) is 25.8. The van der Waals surface area contributed by atoms with Crippen LogP contribution in [0.15, 0.2) is 0 Å². The summed E-state index contributed by atoms with van der Waals surface area (Å²) in [4.78, 5) is 10.6. The minimum atomic E-state index is -0.187. The van der Waals surface area contributed by atoms with Crippen molar-refractivity contribution in [2.75, 3.05) is 6.54 Å². The highest BCUT2D eigenvalue weighted by Crippen LogP contribution is 2.28. The zero-order valence-corrected chi connectivity index (χ0v) is 11.4. The van der Waals surface area contributed by atoms with Crippen LogP contribution < -0.4 is 11.1 Å². The maximum absolute atomic E-state index is 10.6. The van der Waals surface area contributed by atoms with Gasteiger partial charge in [0.2, 0.25) is 5.91 Å². The second-order valence-corrected chi connectivity index (χ2v) is 5.73. The molecule has 1 aliphatic carbocycles. The Hall–Kier alpha value is -0.570. The first kappa shape index (κ1) is 14.5.